The van der Waals surface area contributed by atoms with Crippen LogP contribution in [0.25, 0.3) is 0 Å². The van der Waals surface area contributed by atoms with Gasteiger partial charge in [-0.3, -0.25) is 4.79 Å². The zero-order chi connectivity index (χ0) is 14.4. The monoisotopic (exact) mass is 290 g/mol. The Morgan fingerprint density at radius 3 is 2.90 bits per heavy atom. The second kappa shape index (κ2) is 7.32. The summed E-state index contributed by atoms with van der Waals surface area (Å²) < 4.78 is 5.43. The Labute approximate surface area is 123 Å². The molecule has 2 rings (SSSR count). The molecule has 1 aromatic carbocycles. The fraction of sp³-hybridized carbons (Fsp3) is 0.467. The Morgan fingerprint density at radius 1 is 1.50 bits per heavy atom. The predicted molar refractivity (Wildman–Crippen MR) is 79.3 cm³/mol. The molecule has 1 atom stereocenters. The van der Waals surface area contributed by atoms with E-state index < -0.39 is 0 Å². The Morgan fingerprint density at radius 2 is 2.25 bits per heavy atom. The molecule has 1 saturated heterocycles. The summed E-state index contributed by atoms with van der Waals surface area (Å²) in [5.74, 6) is 1.46. The molecule has 0 saturated carbocycles. The number of ether oxygens (including phenoxy) is 1. The molecule has 106 valence electrons. The number of nitriles is 1. The van der Waals surface area contributed by atoms with Crippen molar-refractivity contribution >= 4 is 17.7 Å². The van der Waals surface area contributed by atoms with Gasteiger partial charge in [0, 0.05) is 18.8 Å². The number of rotatable bonds is 4. The Kier molecular flexibility index (Phi) is 5.45. The first-order chi connectivity index (χ1) is 9.69. The van der Waals surface area contributed by atoms with Crippen LogP contribution in [0.1, 0.15) is 18.1 Å². The number of carbonyl (C=O) groups is 1. The largest absolute Gasteiger partial charge is 0.375 e. The molecular weight excluding hydrogens is 272 g/mol. The summed E-state index contributed by atoms with van der Waals surface area (Å²) >= 11 is 1.61. The SMILES string of the molecule is CC1CN(C(=O)CSCc2ccc(C#N)cc2)CCO1. The summed E-state index contributed by atoms with van der Waals surface area (Å²) in [7, 11) is 0. The van der Waals surface area contributed by atoms with Gasteiger partial charge in [-0.25, -0.2) is 0 Å². The zero-order valence-electron chi connectivity index (χ0n) is 11.5. The summed E-state index contributed by atoms with van der Waals surface area (Å²) in [6.07, 6.45) is 0.135. The highest BCUT2D eigenvalue weighted by atomic mass is 32.2. The topological polar surface area (TPSA) is 53.3 Å². The van der Waals surface area contributed by atoms with Gasteiger partial charge in [-0.15, -0.1) is 11.8 Å². The molecule has 0 aromatic heterocycles. The van der Waals surface area contributed by atoms with Crippen LogP contribution in [0.4, 0.5) is 0 Å². The van der Waals surface area contributed by atoms with Gasteiger partial charge >= 0.3 is 0 Å². The maximum absolute atomic E-state index is 12.0. The maximum Gasteiger partial charge on any atom is 0.232 e. The molecule has 1 amide bonds. The maximum atomic E-state index is 12.0. The minimum Gasteiger partial charge on any atom is -0.375 e. The number of hydrogen-bond donors (Lipinski definition) is 0. The summed E-state index contributed by atoms with van der Waals surface area (Å²) in [6, 6.07) is 9.58. The molecule has 1 fully saturated rings. The highest BCUT2D eigenvalue weighted by molar-refractivity contribution is 7.99. The van der Waals surface area contributed by atoms with E-state index in [0.29, 0.717) is 31.0 Å². The van der Waals surface area contributed by atoms with E-state index in [1.54, 1.807) is 23.9 Å². The van der Waals surface area contributed by atoms with Crippen LogP contribution in [-0.4, -0.2) is 42.4 Å². The summed E-state index contributed by atoms with van der Waals surface area (Å²) in [5.41, 5.74) is 1.80. The van der Waals surface area contributed by atoms with Crippen molar-refractivity contribution in [3.05, 3.63) is 35.4 Å². The average Bonchev–Trinajstić information content (AvgIpc) is 2.48. The van der Waals surface area contributed by atoms with Crippen molar-refractivity contribution < 1.29 is 9.53 Å². The zero-order valence-corrected chi connectivity index (χ0v) is 12.4. The van der Waals surface area contributed by atoms with E-state index >= 15 is 0 Å². The van der Waals surface area contributed by atoms with Crippen LogP contribution in [0.3, 0.4) is 0 Å². The van der Waals surface area contributed by atoms with Gasteiger partial charge < -0.3 is 9.64 Å². The van der Waals surface area contributed by atoms with Gasteiger partial charge in [-0.2, -0.15) is 5.26 Å². The highest BCUT2D eigenvalue weighted by Gasteiger charge is 2.20. The molecule has 0 bridgehead atoms. The van der Waals surface area contributed by atoms with Crippen molar-refractivity contribution in [3.63, 3.8) is 0 Å². The molecule has 1 aliphatic rings. The Hall–Kier alpha value is -1.51. The number of thioether (sulfide) groups is 1. The molecule has 0 N–H and O–H groups in total. The normalized spacial score (nSPS) is 18.6. The molecule has 1 heterocycles. The second-order valence-corrected chi connectivity index (χ2v) is 5.81. The fourth-order valence-electron chi connectivity index (χ4n) is 2.07. The molecular formula is C15H18N2O2S. The molecule has 0 spiro atoms. The molecule has 5 heteroatoms. The van der Waals surface area contributed by atoms with Crippen molar-refractivity contribution in [1.82, 2.24) is 4.90 Å². The smallest absolute Gasteiger partial charge is 0.232 e. The lowest BCUT2D eigenvalue weighted by Crippen LogP contribution is -2.45. The molecule has 0 aliphatic carbocycles. The van der Waals surface area contributed by atoms with Gasteiger partial charge in [-0.05, 0) is 24.6 Å². The van der Waals surface area contributed by atoms with E-state index in [1.807, 2.05) is 24.0 Å². The summed E-state index contributed by atoms with van der Waals surface area (Å²) in [5, 5.41) is 8.73. The first kappa shape index (κ1) is 14.9. The minimum absolute atomic E-state index is 0.135. The molecule has 1 aromatic rings. The van der Waals surface area contributed by atoms with Crippen LogP contribution in [0.2, 0.25) is 0 Å². The van der Waals surface area contributed by atoms with Crippen molar-refractivity contribution in [2.24, 2.45) is 0 Å². The number of benzene rings is 1. The van der Waals surface area contributed by atoms with Gasteiger partial charge in [0.25, 0.3) is 0 Å². The van der Waals surface area contributed by atoms with E-state index in [4.69, 9.17) is 10.00 Å². The summed E-state index contributed by atoms with van der Waals surface area (Å²) in [4.78, 5) is 13.9. The van der Waals surface area contributed by atoms with Crippen molar-refractivity contribution in [1.29, 1.82) is 5.26 Å². The molecule has 20 heavy (non-hydrogen) atoms. The third-order valence-corrected chi connectivity index (χ3v) is 4.16. The Bertz CT molecular complexity index is 496. The molecule has 4 nitrogen and oxygen atoms in total. The lowest BCUT2D eigenvalue weighted by Gasteiger charge is -2.31. The van der Waals surface area contributed by atoms with Gasteiger partial charge in [0.1, 0.15) is 0 Å². The van der Waals surface area contributed by atoms with E-state index in [2.05, 4.69) is 6.07 Å². The van der Waals surface area contributed by atoms with Crippen molar-refractivity contribution in [3.8, 4) is 6.07 Å². The van der Waals surface area contributed by atoms with E-state index in [9.17, 15) is 4.79 Å². The van der Waals surface area contributed by atoms with E-state index in [1.165, 1.54) is 0 Å². The molecule has 1 aliphatic heterocycles. The third kappa shape index (κ3) is 4.26. The number of nitrogens with zero attached hydrogens (tertiary/aromatic N) is 2. The predicted octanol–water partition coefficient (Wildman–Crippen LogP) is 2.04. The van der Waals surface area contributed by atoms with Gasteiger partial charge in [-0.1, -0.05) is 12.1 Å². The van der Waals surface area contributed by atoms with E-state index in [0.717, 1.165) is 11.3 Å². The first-order valence-electron chi connectivity index (χ1n) is 6.65. The van der Waals surface area contributed by atoms with Gasteiger partial charge in [0.05, 0.1) is 30.1 Å². The summed E-state index contributed by atoms with van der Waals surface area (Å²) in [6.45, 7) is 4.01. The minimum atomic E-state index is 0.135. The first-order valence-corrected chi connectivity index (χ1v) is 7.80. The number of hydrogen-bond acceptors (Lipinski definition) is 4. The second-order valence-electron chi connectivity index (χ2n) is 4.82. The third-order valence-electron chi connectivity index (χ3n) is 3.17. The molecule has 1 unspecified atom stereocenters. The van der Waals surface area contributed by atoms with Gasteiger partial charge in [0.2, 0.25) is 5.91 Å². The van der Waals surface area contributed by atoms with Crippen molar-refractivity contribution in [2.45, 2.75) is 18.8 Å². The van der Waals surface area contributed by atoms with E-state index in [-0.39, 0.29) is 12.0 Å². The highest BCUT2D eigenvalue weighted by Crippen LogP contribution is 2.14. The number of carbonyl (C=O) groups excluding carboxylic acids is 1. The van der Waals surface area contributed by atoms with Gasteiger partial charge in [0.15, 0.2) is 0 Å². The fourth-order valence-corrected chi connectivity index (χ4v) is 2.96. The standard InChI is InChI=1S/C15H18N2O2S/c1-12-9-17(6-7-19-12)15(18)11-20-10-14-4-2-13(8-16)3-5-14/h2-5,12H,6-7,9-11H2,1H3. The van der Waals surface area contributed by atoms with Crippen LogP contribution in [-0.2, 0) is 15.3 Å². The average molecular weight is 290 g/mol. The van der Waals surface area contributed by atoms with Crippen LogP contribution < -0.4 is 0 Å². The van der Waals surface area contributed by atoms with Crippen molar-refractivity contribution in [2.75, 3.05) is 25.4 Å². The quantitative estimate of drug-likeness (QED) is 0.851. The number of amides is 1. The van der Waals surface area contributed by atoms with Crippen LogP contribution >= 0.6 is 11.8 Å². The number of morpholine rings is 1. The van der Waals surface area contributed by atoms with Crippen LogP contribution in [0, 0.1) is 11.3 Å². The lowest BCUT2D eigenvalue weighted by molar-refractivity contribution is -0.135. The van der Waals surface area contributed by atoms with Crippen LogP contribution in [0.5, 0.6) is 0 Å². The lowest BCUT2D eigenvalue weighted by atomic mass is 10.2. The molecule has 0 radical (unpaired) electrons. The van der Waals surface area contributed by atoms with Crippen LogP contribution in [0.15, 0.2) is 24.3 Å². The Balaban J connectivity index is 1.74.